The fourth-order valence-electron chi connectivity index (χ4n) is 2.76. The van der Waals surface area contributed by atoms with Gasteiger partial charge in [-0.1, -0.05) is 12.1 Å². The topological polar surface area (TPSA) is 112 Å². The minimum Gasteiger partial charge on any atom is -0.482 e. The zero-order valence-electron chi connectivity index (χ0n) is 13.6. The average Bonchev–Trinajstić information content (AvgIpc) is 3.31. The summed E-state index contributed by atoms with van der Waals surface area (Å²) < 4.78 is 5.15. The highest BCUT2D eigenvalue weighted by molar-refractivity contribution is 5.73. The lowest BCUT2D eigenvalue weighted by atomic mass is 9.92. The van der Waals surface area contributed by atoms with Crippen molar-refractivity contribution in [2.75, 3.05) is 6.61 Å². The Morgan fingerprint density at radius 3 is 1.88 bits per heavy atom. The molecule has 2 heterocycles. The number of ether oxygens (including phenoxy) is 1. The maximum absolute atomic E-state index is 11.0. The van der Waals surface area contributed by atoms with E-state index in [1.54, 1.807) is 24.3 Å². The summed E-state index contributed by atoms with van der Waals surface area (Å²) in [6.45, 7) is -0.415. The van der Waals surface area contributed by atoms with Crippen molar-refractivity contribution in [3.63, 3.8) is 0 Å². The molecule has 3 rings (SSSR count). The number of aromatic amines is 2. The fraction of sp³-hybridized carbons (Fsp3) is 0.105. The van der Waals surface area contributed by atoms with E-state index in [1.165, 1.54) is 0 Å². The minimum atomic E-state index is -1.05. The summed E-state index contributed by atoms with van der Waals surface area (Å²) in [4.78, 5) is 38.7. The van der Waals surface area contributed by atoms with Crippen LogP contribution in [0.25, 0.3) is 0 Å². The number of H-pyrrole nitrogens is 2. The molecule has 0 unspecified atom stereocenters. The molecule has 0 spiro atoms. The smallest absolute Gasteiger partial charge is 0.341 e. The van der Waals surface area contributed by atoms with Crippen LogP contribution in [0.3, 0.4) is 0 Å². The number of hydrogen-bond donors (Lipinski definition) is 3. The van der Waals surface area contributed by atoms with Gasteiger partial charge in [-0.2, -0.15) is 0 Å². The quantitative estimate of drug-likeness (QED) is 0.540. The predicted octanol–water partition coefficient (Wildman–Crippen LogP) is 2.61. The standard InChI is InChI=1S/C19H16N2O5/c22-9-13-3-7-16(20-13)19(17-8-4-14(10-23)21-17)12-1-5-15(6-2-12)26-11-18(24)25/h1-10,19-21H,11H2,(H,24,25). The van der Waals surface area contributed by atoms with Gasteiger partial charge in [0.1, 0.15) is 5.75 Å². The summed E-state index contributed by atoms with van der Waals surface area (Å²) in [5.74, 6) is -0.867. The number of carboxylic acid groups (broad SMARTS) is 1. The molecule has 3 N–H and O–H groups in total. The second-order valence-electron chi connectivity index (χ2n) is 5.66. The molecular weight excluding hydrogens is 336 g/mol. The second kappa shape index (κ2) is 7.52. The Balaban J connectivity index is 1.95. The zero-order valence-corrected chi connectivity index (χ0v) is 13.6. The fourth-order valence-corrected chi connectivity index (χ4v) is 2.76. The molecule has 0 saturated carbocycles. The molecule has 132 valence electrons. The van der Waals surface area contributed by atoms with Crippen molar-refractivity contribution in [3.05, 3.63) is 76.9 Å². The number of aldehydes is 2. The third-order valence-electron chi connectivity index (χ3n) is 3.91. The monoisotopic (exact) mass is 352 g/mol. The van der Waals surface area contributed by atoms with Gasteiger partial charge >= 0.3 is 5.97 Å². The number of rotatable bonds is 8. The Labute approximate surface area is 148 Å². The first-order chi connectivity index (χ1) is 12.6. The summed E-state index contributed by atoms with van der Waals surface area (Å²) in [6.07, 6.45) is 1.46. The predicted molar refractivity (Wildman–Crippen MR) is 92.9 cm³/mol. The summed E-state index contributed by atoms with van der Waals surface area (Å²) in [7, 11) is 0. The van der Waals surface area contributed by atoms with E-state index in [0.29, 0.717) is 17.1 Å². The van der Waals surface area contributed by atoms with Crippen LogP contribution in [0.15, 0.2) is 48.5 Å². The van der Waals surface area contributed by atoms with Crippen LogP contribution in [0.4, 0.5) is 0 Å². The largest absolute Gasteiger partial charge is 0.482 e. The van der Waals surface area contributed by atoms with E-state index in [0.717, 1.165) is 29.5 Å². The highest BCUT2D eigenvalue weighted by atomic mass is 16.5. The van der Waals surface area contributed by atoms with Gasteiger partial charge in [0.15, 0.2) is 19.2 Å². The van der Waals surface area contributed by atoms with E-state index in [1.807, 2.05) is 24.3 Å². The van der Waals surface area contributed by atoms with Crippen LogP contribution < -0.4 is 4.74 Å². The molecule has 0 aliphatic carbocycles. The van der Waals surface area contributed by atoms with Crippen LogP contribution in [-0.2, 0) is 4.79 Å². The molecule has 0 atom stereocenters. The van der Waals surface area contributed by atoms with Gasteiger partial charge in [0.05, 0.1) is 17.3 Å². The van der Waals surface area contributed by atoms with Gasteiger partial charge in [0, 0.05) is 11.4 Å². The number of nitrogens with one attached hydrogen (secondary N) is 2. The zero-order chi connectivity index (χ0) is 18.5. The number of aliphatic carboxylic acids is 1. The number of carbonyl (C=O) groups excluding carboxylic acids is 2. The molecule has 0 saturated heterocycles. The Kier molecular flexibility index (Phi) is 4.98. The summed E-state index contributed by atoms with van der Waals surface area (Å²) in [5.41, 5.74) is 3.35. The van der Waals surface area contributed by atoms with Gasteiger partial charge in [-0.25, -0.2) is 4.79 Å². The molecule has 0 bridgehead atoms. The summed E-state index contributed by atoms with van der Waals surface area (Å²) in [5, 5.41) is 8.68. The highest BCUT2D eigenvalue weighted by Crippen LogP contribution is 2.31. The van der Waals surface area contributed by atoms with Crippen molar-refractivity contribution in [2.45, 2.75) is 5.92 Å². The van der Waals surface area contributed by atoms with Gasteiger partial charge in [-0.3, -0.25) is 9.59 Å². The molecule has 0 aliphatic heterocycles. The number of benzene rings is 1. The van der Waals surface area contributed by atoms with Crippen LogP contribution in [0.1, 0.15) is 43.8 Å². The van der Waals surface area contributed by atoms with Crippen LogP contribution in [-0.4, -0.2) is 40.2 Å². The van der Waals surface area contributed by atoms with E-state index in [9.17, 15) is 14.4 Å². The normalized spacial score (nSPS) is 10.7. The summed E-state index contributed by atoms with van der Waals surface area (Å²) >= 11 is 0. The Morgan fingerprint density at radius 2 is 1.46 bits per heavy atom. The van der Waals surface area contributed by atoms with Crippen LogP contribution in [0.2, 0.25) is 0 Å². The highest BCUT2D eigenvalue weighted by Gasteiger charge is 2.20. The first-order valence-corrected chi connectivity index (χ1v) is 7.83. The summed E-state index contributed by atoms with van der Waals surface area (Å²) in [6, 6.07) is 14.0. The third-order valence-corrected chi connectivity index (χ3v) is 3.91. The Bertz CT molecular complexity index is 877. The molecule has 2 aromatic heterocycles. The Morgan fingerprint density at radius 1 is 0.923 bits per heavy atom. The van der Waals surface area contributed by atoms with Gasteiger partial charge in [-0.15, -0.1) is 0 Å². The molecule has 0 radical (unpaired) electrons. The van der Waals surface area contributed by atoms with Crippen molar-refractivity contribution in [2.24, 2.45) is 0 Å². The third kappa shape index (κ3) is 3.72. The molecular formula is C19H16N2O5. The lowest BCUT2D eigenvalue weighted by Crippen LogP contribution is -2.09. The maximum Gasteiger partial charge on any atom is 0.341 e. The van der Waals surface area contributed by atoms with Gasteiger partial charge in [0.25, 0.3) is 0 Å². The minimum absolute atomic E-state index is 0.258. The first-order valence-electron chi connectivity index (χ1n) is 7.83. The molecule has 7 nitrogen and oxygen atoms in total. The van der Waals surface area contributed by atoms with Crippen LogP contribution in [0.5, 0.6) is 5.75 Å². The van der Waals surface area contributed by atoms with E-state index in [4.69, 9.17) is 9.84 Å². The van der Waals surface area contributed by atoms with Crippen molar-refractivity contribution < 1.29 is 24.2 Å². The van der Waals surface area contributed by atoms with Crippen molar-refractivity contribution in [1.29, 1.82) is 0 Å². The first kappa shape index (κ1) is 17.2. The lowest BCUT2D eigenvalue weighted by molar-refractivity contribution is -0.139. The number of hydrogen-bond acceptors (Lipinski definition) is 4. The molecule has 1 aromatic carbocycles. The van der Waals surface area contributed by atoms with Gasteiger partial charge in [-0.05, 0) is 42.0 Å². The SMILES string of the molecule is O=Cc1ccc(C(c2ccc(OCC(=O)O)cc2)c2ccc(C=O)[nH]2)[nH]1. The number of carboxylic acids is 1. The molecule has 26 heavy (non-hydrogen) atoms. The van der Waals surface area contributed by atoms with Crippen LogP contribution >= 0.6 is 0 Å². The molecule has 0 aliphatic rings. The van der Waals surface area contributed by atoms with Crippen molar-refractivity contribution in [1.82, 2.24) is 9.97 Å². The lowest BCUT2D eigenvalue weighted by Gasteiger charge is -2.16. The Hall–Kier alpha value is -3.61. The van der Waals surface area contributed by atoms with Gasteiger partial charge in [0.2, 0.25) is 0 Å². The van der Waals surface area contributed by atoms with Crippen molar-refractivity contribution >= 4 is 18.5 Å². The van der Waals surface area contributed by atoms with E-state index >= 15 is 0 Å². The van der Waals surface area contributed by atoms with E-state index in [-0.39, 0.29) is 5.92 Å². The van der Waals surface area contributed by atoms with E-state index in [2.05, 4.69) is 9.97 Å². The molecule has 0 fully saturated rings. The van der Waals surface area contributed by atoms with Crippen molar-refractivity contribution in [3.8, 4) is 5.75 Å². The second-order valence-corrected chi connectivity index (χ2v) is 5.66. The molecule has 3 aromatic rings. The van der Waals surface area contributed by atoms with Crippen LogP contribution in [0, 0.1) is 0 Å². The molecule has 0 amide bonds. The maximum atomic E-state index is 11.0. The van der Waals surface area contributed by atoms with E-state index < -0.39 is 12.6 Å². The number of carbonyl (C=O) groups is 3. The number of aromatic nitrogens is 2. The average molecular weight is 352 g/mol. The van der Waals surface area contributed by atoms with Gasteiger partial charge < -0.3 is 19.8 Å². The molecule has 7 heteroatoms.